The van der Waals surface area contributed by atoms with Crippen molar-refractivity contribution in [1.29, 1.82) is 0 Å². The van der Waals surface area contributed by atoms with E-state index < -0.39 is 0 Å². The molecular weight excluding hydrogens is 406 g/mol. The molecule has 1 aromatic heterocycles. The largest absolute Gasteiger partial charge is 0.426 e. The Morgan fingerprint density at radius 3 is 2.62 bits per heavy atom. The van der Waals surface area contributed by atoms with E-state index in [1.54, 1.807) is 29.2 Å². The van der Waals surface area contributed by atoms with Crippen LogP contribution in [0.25, 0.3) is 22.2 Å². The number of piperidine rings is 1. The van der Waals surface area contributed by atoms with Gasteiger partial charge >= 0.3 is 5.97 Å². The van der Waals surface area contributed by atoms with E-state index >= 15 is 0 Å². The number of ether oxygens (including phenoxy) is 1. The standard InChI is InChI=1S/C25H21N3O4/c29-24(22-9-3-6-17-5-1-2-8-21(17)22)28-14-4-7-19(15-28)25(30)32-20-12-10-18(11-13-20)23-27-26-16-31-23/h1-3,5-6,8-13,16,19H,4,7,14-15H2/t19-/m1/s1. The van der Waals surface area contributed by atoms with E-state index in [0.29, 0.717) is 36.7 Å². The van der Waals surface area contributed by atoms with Crippen LogP contribution in [0.15, 0.2) is 77.5 Å². The number of rotatable bonds is 4. The van der Waals surface area contributed by atoms with Gasteiger partial charge in [-0.2, -0.15) is 0 Å². The van der Waals surface area contributed by atoms with Gasteiger partial charge in [0, 0.05) is 24.2 Å². The average molecular weight is 427 g/mol. The number of carbonyl (C=O) groups is 2. The molecule has 2 heterocycles. The van der Waals surface area contributed by atoms with E-state index in [-0.39, 0.29) is 17.8 Å². The van der Waals surface area contributed by atoms with E-state index in [1.807, 2.05) is 42.5 Å². The monoisotopic (exact) mass is 427 g/mol. The van der Waals surface area contributed by atoms with Crippen LogP contribution in [0, 0.1) is 5.92 Å². The quantitative estimate of drug-likeness (QED) is 0.356. The lowest BCUT2D eigenvalue weighted by molar-refractivity contribution is -0.140. The van der Waals surface area contributed by atoms with Gasteiger partial charge in [-0.25, -0.2) is 0 Å². The molecule has 0 bridgehead atoms. The van der Waals surface area contributed by atoms with Crippen molar-refractivity contribution in [1.82, 2.24) is 15.1 Å². The van der Waals surface area contributed by atoms with Crippen molar-refractivity contribution in [3.63, 3.8) is 0 Å². The summed E-state index contributed by atoms with van der Waals surface area (Å²) < 4.78 is 10.8. The van der Waals surface area contributed by atoms with Crippen LogP contribution in [0.3, 0.4) is 0 Å². The molecule has 0 radical (unpaired) electrons. The van der Waals surface area contributed by atoms with Crippen LogP contribution < -0.4 is 4.74 Å². The first-order valence-electron chi connectivity index (χ1n) is 10.5. The number of hydrogen-bond acceptors (Lipinski definition) is 6. The molecule has 1 aliphatic rings. The van der Waals surface area contributed by atoms with Crippen LogP contribution in [0.1, 0.15) is 23.2 Å². The van der Waals surface area contributed by atoms with Crippen LogP contribution >= 0.6 is 0 Å². The molecule has 1 fully saturated rings. The van der Waals surface area contributed by atoms with Crippen LogP contribution in [-0.4, -0.2) is 40.1 Å². The molecule has 1 aliphatic heterocycles. The predicted octanol–water partition coefficient (Wildman–Crippen LogP) is 4.35. The summed E-state index contributed by atoms with van der Waals surface area (Å²) in [6.07, 6.45) is 2.71. The molecule has 1 atom stereocenters. The topological polar surface area (TPSA) is 85.5 Å². The summed E-state index contributed by atoms with van der Waals surface area (Å²) in [4.78, 5) is 27.8. The Balaban J connectivity index is 1.27. The summed E-state index contributed by atoms with van der Waals surface area (Å²) in [5, 5.41) is 9.46. The zero-order chi connectivity index (χ0) is 21.9. The number of hydrogen-bond donors (Lipinski definition) is 0. The fraction of sp³-hybridized carbons (Fsp3) is 0.200. The first-order valence-corrected chi connectivity index (χ1v) is 10.5. The molecule has 160 valence electrons. The van der Waals surface area contributed by atoms with Gasteiger partial charge in [0.05, 0.1) is 5.92 Å². The van der Waals surface area contributed by atoms with Gasteiger partial charge in [0.1, 0.15) is 5.75 Å². The predicted molar refractivity (Wildman–Crippen MR) is 118 cm³/mol. The molecule has 7 nitrogen and oxygen atoms in total. The van der Waals surface area contributed by atoms with Gasteiger partial charge in [-0.15, -0.1) is 10.2 Å². The minimum atomic E-state index is -0.363. The van der Waals surface area contributed by atoms with E-state index in [0.717, 1.165) is 22.8 Å². The summed E-state index contributed by atoms with van der Waals surface area (Å²) in [6.45, 7) is 0.978. The lowest BCUT2D eigenvalue weighted by Gasteiger charge is -2.31. The van der Waals surface area contributed by atoms with Gasteiger partial charge in [0.25, 0.3) is 5.91 Å². The molecule has 0 aliphatic carbocycles. The number of fused-ring (bicyclic) bond motifs is 1. The molecule has 7 heteroatoms. The van der Waals surface area contributed by atoms with Crippen molar-refractivity contribution in [2.45, 2.75) is 12.8 Å². The third kappa shape index (κ3) is 3.97. The van der Waals surface area contributed by atoms with Gasteiger partial charge in [0.15, 0.2) is 0 Å². The Morgan fingerprint density at radius 1 is 1.00 bits per heavy atom. The summed E-state index contributed by atoms with van der Waals surface area (Å²) in [5.41, 5.74) is 1.40. The smallest absolute Gasteiger partial charge is 0.316 e. The van der Waals surface area contributed by atoms with Gasteiger partial charge in [-0.05, 0) is 53.9 Å². The number of likely N-dealkylation sites (tertiary alicyclic amines) is 1. The number of esters is 1. The highest BCUT2D eigenvalue weighted by molar-refractivity contribution is 6.07. The van der Waals surface area contributed by atoms with Crippen molar-refractivity contribution >= 4 is 22.6 Å². The first kappa shape index (κ1) is 19.9. The number of nitrogens with zero attached hydrogens (tertiary/aromatic N) is 3. The Kier molecular flexibility index (Phi) is 5.37. The molecule has 0 N–H and O–H groups in total. The number of benzene rings is 3. The maximum Gasteiger partial charge on any atom is 0.316 e. The third-order valence-electron chi connectivity index (χ3n) is 5.74. The number of aromatic nitrogens is 2. The van der Waals surface area contributed by atoms with E-state index in [1.165, 1.54) is 6.39 Å². The highest BCUT2D eigenvalue weighted by atomic mass is 16.5. The summed E-state index contributed by atoms with van der Waals surface area (Å²) in [7, 11) is 0. The Labute approximate surface area is 184 Å². The highest BCUT2D eigenvalue weighted by Crippen LogP contribution is 2.26. The Morgan fingerprint density at radius 2 is 1.81 bits per heavy atom. The van der Waals surface area contributed by atoms with Crippen LogP contribution in [0.2, 0.25) is 0 Å². The molecule has 5 rings (SSSR count). The zero-order valence-corrected chi connectivity index (χ0v) is 17.3. The Bertz CT molecular complexity index is 1250. The second kappa shape index (κ2) is 8.63. The van der Waals surface area contributed by atoms with Crippen molar-refractivity contribution in [3.8, 4) is 17.2 Å². The molecular formula is C25H21N3O4. The minimum absolute atomic E-state index is 0.0526. The average Bonchev–Trinajstić information content (AvgIpc) is 3.39. The van der Waals surface area contributed by atoms with Crippen molar-refractivity contribution in [3.05, 3.63) is 78.7 Å². The van der Waals surface area contributed by atoms with Crippen LogP contribution in [0.5, 0.6) is 5.75 Å². The number of carbonyl (C=O) groups excluding carboxylic acids is 2. The second-order valence-corrected chi connectivity index (χ2v) is 7.81. The lowest BCUT2D eigenvalue weighted by Crippen LogP contribution is -2.43. The van der Waals surface area contributed by atoms with Gasteiger partial charge < -0.3 is 14.1 Å². The lowest BCUT2D eigenvalue weighted by atomic mass is 9.96. The molecule has 4 aromatic rings. The molecule has 0 unspecified atom stereocenters. The van der Waals surface area contributed by atoms with Gasteiger partial charge in [-0.3, -0.25) is 9.59 Å². The van der Waals surface area contributed by atoms with Crippen LogP contribution in [-0.2, 0) is 4.79 Å². The van der Waals surface area contributed by atoms with E-state index in [4.69, 9.17) is 9.15 Å². The second-order valence-electron chi connectivity index (χ2n) is 7.81. The first-order chi connectivity index (χ1) is 15.7. The van der Waals surface area contributed by atoms with Crippen molar-refractivity contribution in [2.24, 2.45) is 5.92 Å². The van der Waals surface area contributed by atoms with E-state index in [2.05, 4.69) is 10.2 Å². The van der Waals surface area contributed by atoms with Gasteiger partial charge in [-0.1, -0.05) is 36.4 Å². The fourth-order valence-electron chi connectivity index (χ4n) is 4.10. The summed E-state index contributed by atoms with van der Waals surface area (Å²) >= 11 is 0. The molecule has 0 spiro atoms. The third-order valence-corrected chi connectivity index (χ3v) is 5.74. The van der Waals surface area contributed by atoms with Gasteiger partial charge in [0.2, 0.25) is 12.3 Å². The fourth-order valence-corrected chi connectivity index (χ4v) is 4.10. The Hall–Kier alpha value is -4.00. The summed E-state index contributed by atoms with van der Waals surface area (Å²) in [6, 6.07) is 20.5. The molecule has 0 saturated carbocycles. The molecule has 3 aromatic carbocycles. The van der Waals surface area contributed by atoms with Crippen molar-refractivity contribution < 1.29 is 18.7 Å². The van der Waals surface area contributed by atoms with Crippen LogP contribution in [0.4, 0.5) is 0 Å². The maximum atomic E-state index is 13.2. The number of amides is 1. The highest BCUT2D eigenvalue weighted by Gasteiger charge is 2.30. The SMILES string of the molecule is O=C(Oc1ccc(-c2nnco2)cc1)[C@@H]1CCCN(C(=O)c2cccc3ccccc23)C1. The van der Waals surface area contributed by atoms with E-state index in [9.17, 15) is 9.59 Å². The molecule has 32 heavy (non-hydrogen) atoms. The normalized spacial score (nSPS) is 16.1. The van der Waals surface area contributed by atoms with Crippen molar-refractivity contribution in [2.75, 3.05) is 13.1 Å². The zero-order valence-electron chi connectivity index (χ0n) is 17.3. The minimum Gasteiger partial charge on any atom is -0.426 e. The molecule has 1 saturated heterocycles. The molecule has 1 amide bonds. The summed E-state index contributed by atoms with van der Waals surface area (Å²) in [5.74, 6) is 0.0981. The maximum absolute atomic E-state index is 13.2.